The molecule has 1 unspecified atom stereocenters. The van der Waals surface area contributed by atoms with Crippen LogP contribution in [0.2, 0.25) is 0 Å². The number of methoxy groups -OCH3 is 1. The van der Waals surface area contributed by atoms with Gasteiger partial charge in [-0.25, -0.2) is 17.5 Å². The predicted octanol–water partition coefficient (Wildman–Crippen LogP) is 3.46. The average molecular weight is 479 g/mol. The fraction of sp³-hybridized carbons (Fsp3) is 0.417. The van der Waals surface area contributed by atoms with Crippen molar-refractivity contribution in [2.75, 3.05) is 13.7 Å². The van der Waals surface area contributed by atoms with Gasteiger partial charge < -0.3 is 10.1 Å². The topological polar surface area (TPSA) is 102 Å². The zero-order valence-electron chi connectivity index (χ0n) is 19.8. The van der Waals surface area contributed by atoms with Crippen LogP contribution in [-0.2, 0) is 24.3 Å². The second-order valence-corrected chi connectivity index (χ2v) is 9.76. The number of sulfonamides is 1. The predicted molar refractivity (Wildman–Crippen MR) is 124 cm³/mol. The molecule has 0 radical (unpaired) electrons. The highest BCUT2D eigenvalue weighted by Crippen LogP contribution is 2.29. The normalized spacial score (nSPS) is 12.3. The van der Waals surface area contributed by atoms with Crippen molar-refractivity contribution in [3.63, 3.8) is 0 Å². The minimum absolute atomic E-state index is 0.118. The maximum atomic E-state index is 13.2. The third kappa shape index (κ3) is 6.39. The standard InChI is InChI=1S/C24H31FN2O5S/c1-14-15(2)17(4)24(18(5)16(14)3)33(30,31)26-12-11-22(28)27-21(13-23(29)32-6)19-7-9-20(25)10-8-19/h7-10,21,26H,11-13H2,1-6H3,(H,27,28). The highest BCUT2D eigenvalue weighted by atomic mass is 32.2. The van der Waals surface area contributed by atoms with Gasteiger partial charge in [-0.05, 0) is 80.1 Å². The number of nitrogens with one attached hydrogen (secondary N) is 2. The molecule has 0 aliphatic carbocycles. The van der Waals surface area contributed by atoms with E-state index in [-0.39, 0.29) is 24.3 Å². The Morgan fingerprint density at radius 1 is 0.939 bits per heavy atom. The molecule has 1 atom stereocenters. The van der Waals surface area contributed by atoms with Crippen molar-refractivity contribution < 1.29 is 27.1 Å². The maximum absolute atomic E-state index is 13.2. The van der Waals surface area contributed by atoms with E-state index in [4.69, 9.17) is 0 Å². The van der Waals surface area contributed by atoms with E-state index in [0.29, 0.717) is 16.7 Å². The molecular weight excluding hydrogens is 447 g/mol. The zero-order chi connectivity index (χ0) is 24.9. The van der Waals surface area contributed by atoms with Crippen LogP contribution in [0.5, 0.6) is 0 Å². The minimum atomic E-state index is -3.83. The van der Waals surface area contributed by atoms with Gasteiger partial charge in [0.05, 0.1) is 24.5 Å². The summed E-state index contributed by atoms with van der Waals surface area (Å²) in [6, 6.07) is 4.68. The first kappa shape index (κ1) is 26.5. The first-order valence-electron chi connectivity index (χ1n) is 10.6. The van der Waals surface area contributed by atoms with Gasteiger partial charge in [0, 0.05) is 13.0 Å². The Balaban J connectivity index is 2.10. The second-order valence-electron chi connectivity index (χ2n) is 8.05. The number of hydrogen-bond donors (Lipinski definition) is 2. The molecule has 0 fully saturated rings. The van der Waals surface area contributed by atoms with Crippen molar-refractivity contribution in [3.05, 3.63) is 63.5 Å². The maximum Gasteiger partial charge on any atom is 0.307 e. The summed E-state index contributed by atoms with van der Waals surface area (Å²) in [7, 11) is -2.60. The number of halogens is 1. The summed E-state index contributed by atoms with van der Waals surface area (Å²) in [4.78, 5) is 24.5. The molecule has 0 saturated heterocycles. The van der Waals surface area contributed by atoms with E-state index in [9.17, 15) is 22.4 Å². The van der Waals surface area contributed by atoms with Gasteiger partial charge in [0.25, 0.3) is 0 Å². The van der Waals surface area contributed by atoms with Gasteiger partial charge in [-0.1, -0.05) is 12.1 Å². The largest absolute Gasteiger partial charge is 0.469 e. The molecule has 0 aliphatic heterocycles. The van der Waals surface area contributed by atoms with Gasteiger partial charge >= 0.3 is 5.97 Å². The number of carbonyl (C=O) groups excluding carboxylic acids is 2. The van der Waals surface area contributed by atoms with Crippen molar-refractivity contribution in [2.45, 2.75) is 58.4 Å². The number of amides is 1. The molecule has 2 aromatic carbocycles. The Kier molecular flexibility index (Phi) is 8.74. The highest BCUT2D eigenvalue weighted by molar-refractivity contribution is 7.89. The van der Waals surface area contributed by atoms with Gasteiger partial charge in [-0.2, -0.15) is 0 Å². The van der Waals surface area contributed by atoms with Crippen LogP contribution in [-0.4, -0.2) is 33.9 Å². The number of hydrogen-bond acceptors (Lipinski definition) is 5. The Hall–Kier alpha value is -2.78. The molecule has 0 heterocycles. The van der Waals surface area contributed by atoms with Crippen LogP contribution in [0.4, 0.5) is 4.39 Å². The summed E-state index contributed by atoms with van der Waals surface area (Å²) < 4.78 is 46.4. The minimum Gasteiger partial charge on any atom is -0.469 e. The number of benzene rings is 2. The Bertz CT molecular complexity index is 1120. The van der Waals surface area contributed by atoms with Crippen LogP contribution in [0.1, 0.15) is 52.3 Å². The number of rotatable bonds is 9. The third-order valence-corrected chi connectivity index (χ3v) is 7.78. The molecule has 2 rings (SSSR count). The molecule has 0 saturated carbocycles. The van der Waals surface area contributed by atoms with Gasteiger partial charge in [0.1, 0.15) is 5.82 Å². The number of esters is 1. The molecule has 180 valence electrons. The molecule has 0 spiro atoms. The quantitative estimate of drug-likeness (QED) is 0.538. The van der Waals surface area contributed by atoms with E-state index in [1.54, 1.807) is 13.8 Å². The Morgan fingerprint density at radius 2 is 1.45 bits per heavy atom. The van der Waals surface area contributed by atoms with Gasteiger partial charge in [0.2, 0.25) is 15.9 Å². The van der Waals surface area contributed by atoms with E-state index >= 15 is 0 Å². The third-order valence-electron chi connectivity index (χ3n) is 6.05. The van der Waals surface area contributed by atoms with Crippen molar-refractivity contribution >= 4 is 21.9 Å². The smallest absolute Gasteiger partial charge is 0.307 e. The van der Waals surface area contributed by atoms with Crippen LogP contribution >= 0.6 is 0 Å². The SMILES string of the molecule is COC(=O)CC(NC(=O)CCNS(=O)(=O)c1c(C)c(C)c(C)c(C)c1C)c1ccc(F)cc1. The number of carbonyl (C=O) groups is 2. The Labute approximate surface area is 194 Å². The van der Waals surface area contributed by atoms with Crippen molar-refractivity contribution in [2.24, 2.45) is 0 Å². The first-order chi connectivity index (χ1) is 15.4. The lowest BCUT2D eigenvalue weighted by molar-refractivity contribution is -0.141. The molecule has 9 heteroatoms. The van der Waals surface area contributed by atoms with Gasteiger partial charge in [-0.15, -0.1) is 0 Å². The van der Waals surface area contributed by atoms with E-state index < -0.39 is 33.8 Å². The summed E-state index contributed by atoms with van der Waals surface area (Å²) in [5.41, 5.74) is 4.79. The van der Waals surface area contributed by atoms with Crippen LogP contribution < -0.4 is 10.0 Å². The molecule has 33 heavy (non-hydrogen) atoms. The lowest BCUT2D eigenvalue weighted by Crippen LogP contribution is -2.34. The summed E-state index contributed by atoms with van der Waals surface area (Å²) >= 11 is 0. The van der Waals surface area contributed by atoms with Crippen LogP contribution in [0.3, 0.4) is 0 Å². The summed E-state index contributed by atoms with van der Waals surface area (Å²) in [5, 5.41) is 2.70. The molecular formula is C24H31FN2O5S. The van der Waals surface area contributed by atoms with E-state index in [0.717, 1.165) is 16.7 Å². The summed E-state index contributed by atoms with van der Waals surface area (Å²) in [5.74, 6) is -1.44. The van der Waals surface area contributed by atoms with Gasteiger partial charge in [0.15, 0.2) is 0 Å². The molecule has 7 nitrogen and oxygen atoms in total. The van der Waals surface area contributed by atoms with Crippen LogP contribution in [0, 0.1) is 40.4 Å². The number of ether oxygens (including phenoxy) is 1. The summed E-state index contributed by atoms with van der Waals surface area (Å²) in [6.07, 6.45) is -0.278. The Morgan fingerprint density at radius 3 is 1.97 bits per heavy atom. The molecule has 2 aromatic rings. The van der Waals surface area contributed by atoms with Gasteiger partial charge in [-0.3, -0.25) is 9.59 Å². The molecule has 0 aliphatic rings. The fourth-order valence-corrected chi connectivity index (χ4v) is 5.33. The molecule has 2 N–H and O–H groups in total. The molecule has 0 bridgehead atoms. The van der Waals surface area contributed by atoms with Crippen LogP contribution in [0.15, 0.2) is 29.2 Å². The lowest BCUT2D eigenvalue weighted by atomic mass is 9.95. The molecule has 1 amide bonds. The first-order valence-corrected chi connectivity index (χ1v) is 12.1. The highest BCUT2D eigenvalue weighted by Gasteiger charge is 2.24. The fourth-order valence-electron chi connectivity index (χ4n) is 3.70. The van der Waals surface area contributed by atoms with Crippen molar-refractivity contribution in [1.82, 2.24) is 10.0 Å². The van der Waals surface area contributed by atoms with E-state index in [2.05, 4.69) is 14.8 Å². The lowest BCUT2D eigenvalue weighted by Gasteiger charge is -2.20. The van der Waals surface area contributed by atoms with E-state index in [1.165, 1.54) is 31.4 Å². The monoisotopic (exact) mass is 478 g/mol. The van der Waals surface area contributed by atoms with E-state index in [1.807, 2.05) is 20.8 Å². The summed E-state index contributed by atoms with van der Waals surface area (Å²) in [6.45, 7) is 9.17. The molecule has 0 aromatic heterocycles. The average Bonchev–Trinajstić information content (AvgIpc) is 2.76. The van der Waals surface area contributed by atoms with Crippen molar-refractivity contribution in [3.8, 4) is 0 Å². The second kappa shape index (κ2) is 10.9. The zero-order valence-corrected chi connectivity index (χ0v) is 20.7. The van der Waals surface area contributed by atoms with Crippen LogP contribution in [0.25, 0.3) is 0 Å². The van der Waals surface area contributed by atoms with Crippen molar-refractivity contribution in [1.29, 1.82) is 0 Å².